The minimum Gasteiger partial charge on any atom is -0.328 e. The summed E-state index contributed by atoms with van der Waals surface area (Å²) in [5, 5.41) is 11.8. The monoisotopic (exact) mass is 339 g/mol. The number of fused-ring (bicyclic) bond motifs is 2. The lowest BCUT2D eigenvalue weighted by Gasteiger charge is -2.25. The van der Waals surface area contributed by atoms with Gasteiger partial charge in [0.05, 0.1) is 6.04 Å². The first-order valence-corrected chi connectivity index (χ1v) is 9.13. The number of nitrogens with zero attached hydrogens (tertiary/aromatic N) is 4. The Morgan fingerprint density at radius 2 is 1.88 bits per heavy atom. The molecule has 0 aromatic carbocycles. The molecule has 3 atom stereocenters. The molecule has 0 saturated carbocycles. The number of likely N-dealkylation sites (tertiary alicyclic amines) is 1. The fourth-order valence-corrected chi connectivity index (χ4v) is 4.01. The van der Waals surface area contributed by atoms with E-state index in [1.165, 1.54) is 0 Å². The number of carbonyl (C=O) groups is 1. The summed E-state index contributed by atoms with van der Waals surface area (Å²) in [4.78, 5) is 14.8. The molecule has 1 saturated heterocycles. The third kappa shape index (κ3) is 3.01. The second-order valence-electron chi connectivity index (χ2n) is 7.53. The predicted molar refractivity (Wildman–Crippen MR) is 96.0 cm³/mol. The van der Waals surface area contributed by atoms with E-state index in [9.17, 15) is 4.79 Å². The van der Waals surface area contributed by atoms with Crippen molar-refractivity contribution in [3.05, 3.63) is 42.4 Å². The highest BCUT2D eigenvalue weighted by molar-refractivity contribution is 5.75. The van der Waals surface area contributed by atoms with Crippen molar-refractivity contribution in [1.82, 2.24) is 24.8 Å². The number of hydrogen-bond donors (Lipinski definition) is 1. The fraction of sp³-hybridized carbons (Fsp3) is 0.526. The van der Waals surface area contributed by atoms with Gasteiger partial charge in [-0.2, -0.15) is 0 Å². The summed E-state index contributed by atoms with van der Waals surface area (Å²) >= 11 is 0. The Morgan fingerprint density at radius 3 is 2.56 bits per heavy atom. The molecule has 6 heteroatoms. The van der Waals surface area contributed by atoms with Gasteiger partial charge in [-0.15, -0.1) is 10.2 Å². The lowest BCUT2D eigenvalue weighted by atomic mass is 9.86. The third-order valence-corrected chi connectivity index (χ3v) is 5.47. The number of nitrogens with one attached hydrogen (secondary N) is 1. The molecule has 0 spiro atoms. The van der Waals surface area contributed by atoms with Crippen molar-refractivity contribution >= 4 is 11.7 Å². The van der Waals surface area contributed by atoms with E-state index in [1.807, 2.05) is 33.7 Å². The second-order valence-corrected chi connectivity index (χ2v) is 7.53. The van der Waals surface area contributed by atoms with Gasteiger partial charge < -0.3 is 10.2 Å². The highest BCUT2D eigenvalue weighted by Gasteiger charge is 2.36. The van der Waals surface area contributed by atoms with E-state index in [1.54, 1.807) is 0 Å². The smallest absolute Gasteiger partial charge is 0.318 e. The molecule has 2 aromatic rings. The standard InChI is InChI=1S/C19H25N5O/c1-13(2)17(18-22-21-16-9-5-6-10-24(16)18)20-19(25)23-11-14-7-3-4-8-15(14)12-23/h3-6,9-10,13-15,17H,7-8,11-12H2,1-2H3,(H,20,25)/t14-,15+,17-/m0/s1. The maximum atomic E-state index is 12.9. The van der Waals surface area contributed by atoms with Gasteiger partial charge in [0.25, 0.3) is 0 Å². The van der Waals surface area contributed by atoms with E-state index in [0.717, 1.165) is 37.4 Å². The molecular formula is C19H25N5O. The number of hydrogen-bond acceptors (Lipinski definition) is 3. The molecule has 1 aliphatic heterocycles. The Kier molecular flexibility index (Phi) is 4.19. The molecule has 0 unspecified atom stereocenters. The quantitative estimate of drug-likeness (QED) is 0.874. The van der Waals surface area contributed by atoms with Gasteiger partial charge in [-0.1, -0.05) is 32.1 Å². The normalized spacial score (nSPS) is 23.9. The summed E-state index contributed by atoms with van der Waals surface area (Å²) in [6, 6.07) is 5.67. The van der Waals surface area contributed by atoms with Gasteiger partial charge in [0.1, 0.15) is 0 Å². The zero-order valence-corrected chi connectivity index (χ0v) is 14.8. The summed E-state index contributed by atoms with van der Waals surface area (Å²) in [5.74, 6) is 2.24. The average Bonchev–Trinajstić information content (AvgIpc) is 3.23. The maximum absolute atomic E-state index is 12.9. The number of rotatable bonds is 3. The van der Waals surface area contributed by atoms with Crippen molar-refractivity contribution in [2.75, 3.05) is 13.1 Å². The largest absolute Gasteiger partial charge is 0.328 e. The van der Waals surface area contributed by atoms with E-state index in [0.29, 0.717) is 11.8 Å². The van der Waals surface area contributed by atoms with E-state index in [-0.39, 0.29) is 18.0 Å². The Balaban J connectivity index is 1.52. The number of aromatic nitrogens is 3. The van der Waals surface area contributed by atoms with Crippen LogP contribution in [0.25, 0.3) is 5.65 Å². The van der Waals surface area contributed by atoms with Crippen molar-refractivity contribution in [3.8, 4) is 0 Å². The lowest BCUT2D eigenvalue weighted by molar-refractivity contribution is 0.197. The van der Waals surface area contributed by atoms with E-state index in [2.05, 4.69) is 41.5 Å². The Bertz CT molecular complexity index is 780. The molecule has 0 radical (unpaired) electrons. The molecule has 3 heterocycles. The summed E-state index contributed by atoms with van der Waals surface area (Å²) in [5.41, 5.74) is 0.802. The summed E-state index contributed by atoms with van der Waals surface area (Å²) < 4.78 is 1.96. The molecule has 6 nitrogen and oxygen atoms in total. The van der Waals surface area contributed by atoms with Crippen molar-refractivity contribution in [3.63, 3.8) is 0 Å². The van der Waals surface area contributed by atoms with Crippen LogP contribution < -0.4 is 5.32 Å². The Morgan fingerprint density at radius 1 is 1.16 bits per heavy atom. The first-order chi connectivity index (χ1) is 12.1. The van der Waals surface area contributed by atoms with E-state index in [4.69, 9.17) is 0 Å². The fourth-order valence-electron chi connectivity index (χ4n) is 4.01. The van der Waals surface area contributed by atoms with Crippen molar-refractivity contribution in [2.24, 2.45) is 17.8 Å². The molecule has 1 fully saturated rings. The minimum absolute atomic E-state index is 0.0146. The molecular weight excluding hydrogens is 314 g/mol. The molecule has 4 rings (SSSR count). The third-order valence-electron chi connectivity index (χ3n) is 5.47. The van der Waals surface area contributed by atoms with Gasteiger partial charge in [0.15, 0.2) is 11.5 Å². The average molecular weight is 339 g/mol. The minimum atomic E-state index is -0.161. The molecule has 0 bridgehead atoms. The zero-order chi connectivity index (χ0) is 17.4. The summed E-state index contributed by atoms with van der Waals surface area (Å²) in [7, 11) is 0. The van der Waals surface area contributed by atoms with Gasteiger partial charge in [0.2, 0.25) is 0 Å². The molecule has 1 aliphatic carbocycles. The Labute approximate surface area is 147 Å². The molecule has 1 N–H and O–H groups in total. The lowest BCUT2D eigenvalue weighted by Crippen LogP contribution is -2.42. The van der Waals surface area contributed by atoms with Gasteiger partial charge in [-0.25, -0.2) is 4.79 Å². The van der Waals surface area contributed by atoms with Gasteiger partial charge >= 0.3 is 6.03 Å². The van der Waals surface area contributed by atoms with Crippen LogP contribution in [-0.4, -0.2) is 38.6 Å². The van der Waals surface area contributed by atoms with Crippen molar-refractivity contribution in [2.45, 2.75) is 32.7 Å². The zero-order valence-electron chi connectivity index (χ0n) is 14.8. The van der Waals surface area contributed by atoms with Crippen LogP contribution in [0.1, 0.15) is 38.6 Å². The van der Waals surface area contributed by atoms with Crippen LogP contribution in [0.3, 0.4) is 0 Å². The SMILES string of the molecule is CC(C)[C@H](NC(=O)N1C[C@H]2CC=CC[C@H]2C1)c1nnc2ccccn12. The number of amides is 2. The van der Waals surface area contributed by atoms with Crippen LogP contribution >= 0.6 is 0 Å². The highest BCUT2D eigenvalue weighted by atomic mass is 16.2. The topological polar surface area (TPSA) is 62.5 Å². The highest BCUT2D eigenvalue weighted by Crippen LogP contribution is 2.33. The number of allylic oxidation sites excluding steroid dienone is 2. The molecule has 132 valence electrons. The van der Waals surface area contributed by atoms with E-state index < -0.39 is 0 Å². The van der Waals surface area contributed by atoms with Crippen LogP contribution in [0, 0.1) is 17.8 Å². The molecule has 2 aromatic heterocycles. The maximum Gasteiger partial charge on any atom is 0.318 e. The number of carbonyl (C=O) groups excluding carboxylic acids is 1. The van der Waals surface area contributed by atoms with Crippen LogP contribution in [0.2, 0.25) is 0 Å². The van der Waals surface area contributed by atoms with Crippen LogP contribution in [0.4, 0.5) is 4.79 Å². The number of pyridine rings is 1. The van der Waals surface area contributed by atoms with Crippen LogP contribution in [-0.2, 0) is 0 Å². The first-order valence-electron chi connectivity index (χ1n) is 9.13. The summed E-state index contributed by atoms with van der Waals surface area (Å²) in [6.07, 6.45) is 8.64. The van der Waals surface area contributed by atoms with Gasteiger partial charge in [-0.05, 0) is 42.7 Å². The number of urea groups is 1. The second kappa shape index (κ2) is 6.50. The Hall–Kier alpha value is -2.37. The van der Waals surface area contributed by atoms with Crippen molar-refractivity contribution in [1.29, 1.82) is 0 Å². The van der Waals surface area contributed by atoms with Crippen molar-refractivity contribution < 1.29 is 4.79 Å². The predicted octanol–water partition coefficient (Wildman–Crippen LogP) is 3.03. The van der Waals surface area contributed by atoms with Gasteiger partial charge in [0, 0.05) is 19.3 Å². The van der Waals surface area contributed by atoms with Crippen LogP contribution in [0.15, 0.2) is 36.5 Å². The summed E-state index contributed by atoms with van der Waals surface area (Å²) in [6.45, 7) is 5.91. The first kappa shape index (κ1) is 16.1. The molecule has 2 aliphatic rings. The molecule has 25 heavy (non-hydrogen) atoms. The van der Waals surface area contributed by atoms with E-state index >= 15 is 0 Å². The van der Waals surface area contributed by atoms with Crippen LogP contribution in [0.5, 0.6) is 0 Å². The molecule has 2 amide bonds. The van der Waals surface area contributed by atoms with Gasteiger partial charge in [-0.3, -0.25) is 4.40 Å².